The van der Waals surface area contributed by atoms with Gasteiger partial charge in [-0.3, -0.25) is 14.9 Å². The molecule has 1 unspecified atom stereocenters. The summed E-state index contributed by atoms with van der Waals surface area (Å²) in [6.45, 7) is 2.87. The molecule has 1 saturated heterocycles. The first-order valence-electron chi connectivity index (χ1n) is 7.84. The largest absolute Gasteiger partial charge is 0.449 e. The van der Waals surface area contributed by atoms with Crippen LogP contribution in [0.25, 0.3) is 0 Å². The lowest BCUT2D eigenvalue weighted by atomic mass is 10.2. The Labute approximate surface area is 148 Å². The summed E-state index contributed by atoms with van der Waals surface area (Å²) in [4.78, 5) is 36.6. The topological polar surface area (TPSA) is 89.7 Å². The Morgan fingerprint density at radius 2 is 1.88 bits per heavy atom. The first-order chi connectivity index (χ1) is 11.4. The van der Waals surface area contributed by atoms with Gasteiger partial charge in [-0.25, -0.2) is 4.79 Å². The highest BCUT2D eigenvalue weighted by Gasteiger charge is 2.26. The van der Waals surface area contributed by atoms with Crippen molar-refractivity contribution in [2.45, 2.75) is 38.7 Å². The molecular formula is C16H19BrN2O5. The molecule has 1 amide bonds. The van der Waals surface area contributed by atoms with Crippen LogP contribution >= 0.6 is 15.9 Å². The van der Waals surface area contributed by atoms with E-state index in [0.717, 1.165) is 31.7 Å². The van der Waals surface area contributed by atoms with Gasteiger partial charge in [0.1, 0.15) is 0 Å². The minimum Gasteiger partial charge on any atom is -0.449 e. The lowest BCUT2D eigenvalue weighted by molar-refractivity contribution is -0.385. The normalized spacial score (nSPS) is 16.2. The highest BCUT2D eigenvalue weighted by atomic mass is 79.9. The Balaban J connectivity index is 2.04. The minimum absolute atomic E-state index is 0.0421. The molecule has 0 aromatic heterocycles. The third-order valence-corrected chi connectivity index (χ3v) is 4.60. The molecule has 1 aromatic carbocycles. The number of likely N-dealkylation sites (tertiary alicyclic amines) is 1. The van der Waals surface area contributed by atoms with Crippen molar-refractivity contribution in [1.29, 1.82) is 0 Å². The second-order valence-electron chi connectivity index (χ2n) is 5.71. The van der Waals surface area contributed by atoms with Gasteiger partial charge in [-0.05, 0) is 47.8 Å². The summed E-state index contributed by atoms with van der Waals surface area (Å²) in [7, 11) is 0. The van der Waals surface area contributed by atoms with Crippen molar-refractivity contribution in [3.8, 4) is 0 Å². The molecule has 1 aromatic rings. The molecule has 1 fully saturated rings. The van der Waals surface area contributed by atoms with E-state index in [2.05, 4.69) is 15.9 Å². The summed E-state index contributed by atoms with van der Waals surface area (Å²) in [5.41, 5.74) is -0.184. The van der Waals surface area contributed by atoms with Crippen LogP contribution < -0.4 is 0 Å². The van der Waals surface area contributed by atoms with Gasteiger partial charge < -0.3 is 9.64 Å². The van der Waals surface area contributed by atoms with Crippen molar-refractivity contribution in [2.75, 3.05) is 13.1 Å². The summed E-state index contributed by atoms with van der Waals surface area (Å²) in [5.74, 6) is -0.974. The highest BCUT2D eigenvalue weighted by Crippen LogP contribution is 2.26. The molecule has 130 valence electrons. The van der Waals surface area contributed by atoms with Crippen LogP contribution in [-0.4, -0.2) is 40.9 Å². The number of carbonyl (C=O) groups excluding carboxylic acids is 2. The quantitative estimate of drug-likeness (QED) is 0.440. The summed E-state index contributed by atoms with van der Waals surface area (Å²) in [6.07, 6.45) is 3.18. The van der Waals surface area contributed by atoms with Gasteiger partial charge in [0.05, 0.1) is 15.0 Å². The van der Waals surface area contributed by atoms with Crippen LogP contribution in [0.3, 0.4) is 0 Å². The smallest absolute Gasteiger partial charge is 0.339 e. The van der Waals surface area contributed by atoms with E-state index in [1.807, 2.05) is 0 Å². The number of esters is 1. The average Bonchev–Trinajstić information content (AvgIpc) is 2.83. The first-order valence-corrected chi connectivity index (χ1v) is 8.63. The number of ether oxygens (including phenoxy) is 1. The van der Waals surface area contributed by atoms with E-state index in [0.29, 0.717) is 13.1 Å². The number of nitro benzene ring substituents is 1. The predicted octanol–water partition coefficient (Wildman–Crippen LogP) is 3.31. The summed E-state index contributed by atoms with van der Waals surface area (Å²) >= 11 is 3.06. The van der Waals surface area contributed by atoms with Crippen molar-refractivity contribution < 1.29 is 19.2 Å². The van der Waals surface area contributed by atoms with Crippen molar-refractivity contribution in [1.82, 2.24) is 4.90 Å². The number of amides is 1. The lowest BCUT2D eigenvalue weighted by Gasteiger charge is -2.24. The van der Waals surface area contributed by atoms with Gasteiger partial charge in [0.2, 0.25) is 0 Å². The van der Waals surface area contributed by atoms with Gasteiger partial charge in [0.15, 0.2) is 6.10 Å². The van der Waals surface area contributed by atoms with Gasteiger partial charge in [0, 0.05) is 19.2 Å². The maximum absolute atomic E-state index is 12.4. The van der Waals surface area contributed by atoms with Crippen molar-refractivity contribution >= 4 is 33.5 Å². The van der Waals surface area contributed by atoms with Crippen LogP contribution in [0.5, 0.6) is 0 Å². The molecule has 0 spiro atoms. The van der Waals surface area contributed by atoms with Crippen LogP contribution in [0.2, 0.25) is 0 Å². The molecule has 0 bridgehead atoms. The van der Waals surface area contributed by atoms with Gasteiger partial charge in [-0.2, -0.15) is 0 Å². The molecule has 1 atom stereocenters. The van der Waals surface area contributed by atoms with Gasteiger partial charge >= 0.3 is 5.97 Å². The third-order valence-electron chi connectivity index (χ3n) is 3.93. The highest BCUT2D eigenvalue weighted by molar-refractivity contribution is 9.10. The van der Waals surface area contributed by atoms with Crippen molar-refractivity contribution in [2.24, 2.45) is 0 Å². The molecule has 1 heterocycles. The van der Waals surface area contributed by atoms with Gasteiger partial charge in [0.25, 0.3) is 11.6 Å². The van der Waals surface area contributed by atoms with Gasteiger partial charge in [-0.1, -0.05) is 12.8 Å². The lowest BCUT2D eigenvalue weighted by Crippen LogP contribution is -2.40. The van der Waals surface area contributed by atoms with Crippen LogP contribution in [0.1, 0.15) is 43.0 Å². The van der Waals surface area contributed by atoms with Crippen LogP contribution in [0.4, 0.5) is 5.69 Å². The fourth-order valence-electron chi connectivity index (χ4n) is 2.61. The Bertz CT molecular complexity index is 641. The molecule has 7 nitrogen and oxygen atoms in total. The summed E-state index contributed by atoms with van der Waals surface area (Å²) < 4.78 is 5.47. The Hall–Kier alpha value is -1.96. The standard InChI is InChI=1S/C16H19BrN2O5/c1-11(15(20)18-8-4-2-3-5-9-18)24-16(21)12-6-7-13(17)14(10-12)19(22)23/h6-7,10-11H,2-5,8-9H2,1H3. The molecule has 0 radical (unpaired) electrons. The Morgan fingerprint density at radius 3 is 2.46 bits per heavy atom. The van der Waals surface area contributed by atoms with E-state index < -0.39 is 17.0 Å². The maximum atomic E-state index is 12.4. The summed E-state index contributed by atoms with van der Waals surface area (Å²) in [6, 6.07) is 3.97. The molecule has 2 rings (SSSR count). The van der Waals surface area contributed by atoms with E-state index in [1.54, 1.807) is 4.90 Å². The monoisotopic (exact) mass is 398 g/mol. The SMILES string of the molecule is CC(OC(=O)c1ccc(Br)c([N+](=O)[O-])c1)C(=O)N1CCCCCC1. The number of halogens is 1. The average molecular weight is 399 g/mol. The van der Waals surface area contributed by atoms with Crippen LogP contribution in [-0.2, 0) is 9.53 Å². The van der Waals surface area contributed by atoms with Crippen molar-refractivity contribution in [3.05, 3.63) is 38.3 Å². The molecular weight excluding hydrogens is 380 g/mol. The number of nitrogens with zero attached hydrogens (tertiary/aromatic N) is 2. The van der Waals surface area contributed by atoms with Crippen molar-refractivity contribution in [3.63, 3.8) is 0 Å². The fourth-order valence-corrected chi connectivity index (χ4v) is 3.00. The Kier molecular flexibility index (Phi) is 6.30. The number of nitro groups is 1. The molecule has 8 heteroatoms. The minimum atomic E-state index is -0.918. The molecule has 1 aliphatic rings. The van der Waals surface area contributed by atoms with Crippen LogP contribution in [0, 0.1) is 10.1 Å². The number of benzene rings is 1. The van der Waals surface area contributed by atoms with E-state index in [4.69, 9.17) is 4.74 Å². The van der Waals surface area contributed by atoms with Crippen LogP contribution in [0.15, 0.2) is 22.7 Å². The fraction of sp³-hybridized carbons (Fsp3) is 0.500. The zero-order valence-corrected chi connectivity index (χ0v) is 15.0. The predicted molar refractivity (Wildman–Crippen MR) is 90.7 cm³/mol. The number of carbonyl (C=O) groups is 2. The van der Waals surface area contributed by atoms with Gasteiger partial charge in [-0.15, -0.1) is 0 Å². The number of rotatable bonds is 4. The van der Waals surface area contributed by atoms with E-state index in [-0.39, 0.29) is 21.6 Å². The molecule has 24 heavy (non-hydrogen) atoms. The zero-order chi connectivity index (χ0) is 17.7. The first kappa shape index (κ1) is 18.4. The van der Waals surface area contributed by atoms with E-state index in [9.17, 15) is 19.7 Å². The second kappa shape index (κ2) is 8.23. The second-order valence-corrected chi connectivity index (χ2v) is 6.56. The molecule has 0 saturated carbocycles. The Morgan fingerprint density at radius 1 is 1.25 bits per heavy atom. The summed E-state index contributed by atoms with van der Waals surface area (Å²) in [5, 5.41) is 10.9. The zero-order valence-electron chi connectivity index (χ0n) is 13.4. The number of hydrogen-bond donors (Lipinski definition) is 0. The third kappa shape index (κ3) is 4.53. The number of hydrogen-bond acceptors (Lipinski definition) is 5. The van der Waals surface area contributed by atoms with E-state index >= 15 is 0 Å². The van der Waals surface area contributed by atoms with E-state index in [1.165, 1.54) is 19.1 Å². The maximum Gasteiger partial charge on any atom is 0.339 e. The molecule has 1 aliphatic heterocycles. The molecule has 0 N–H and O–H groups in total. The molecule has 0 aliphatic carbocycles.